The summed E-state index contributed by atoms with van der Waals surface area (Å²) < 4.78 is 0. The molecule has 0 fully saturated rings. The van der Waals surface area contributed by atoms with Crippen molar-refractivity contribution >= 4 is 18.1 Å². The van der Waals surface area contributed by atoms with Gasteiger partial charge in [0.25, 0.3) is 0 Å². The van der Waals surface area contributed by atoms with Crippen LogP contribution in [0.3, 0.4) is 0 Å². The molecule has 5 heteroatoms. The van der Waals surface area contributed by atoms with Gasteiger partial charge in [-0.25, -0.2) is 10.3 Å². The zero-order valence-electron chi connectivity index (χ0n) is 8.10. The van der Waals surface area contributed by atoms with E-state index in [2.05, 4.69) is 15.6 Å². The number of rotatable bonds is 5. The first-order valence-corrected chi connectivity index (χ1v) is 4.52. The first kappa shape index (κ1) is 11.0. The van der Waals surface area contributed by atoms with Gasteiger partial charge in [0.1, 0.15) is 6.29 Å². The van der Waals surface area contributed by atoms with E-state index in [9.17, 15) is 9.59 Å². The summed E-state index contributed by atoms with van der Waals surface area (Å²) in [5.41, 5.74) is 3.15. The lowest BCUT2D eigenvalue weighted by Gasteiger charge is -2.06. The van der Waals surface area contributed by atoms with Crippen molar-refractivity contribution in [3.63, 3.8) is 0 Å². The van der Waals surface area contributed by atoms with Crippen molar-refractivity contribution < 1.29 is 14.4 Å². The number of hydrogen-bond donors (Lipinski definition) is 2. The Hall–Kier alpha value is -2.04. The maximum absolute atomic E-state index is 11.0. The highest BCUT2D eigenvalue weighted by atomic mass is 16.7. The first-order valence-electron chi connectivity index (χ1n) is 4.52. The van der Waals surface area contributed by atoms with Gasteiger partial charge in [-0.2, -0.15) is 0 Å². The minimum Gasteiger partial charge on any atom is -0.324 e. The van der Waals surface area contributed by atoms with Gasteiger partial charge in [-0.05, 0) is 12.1 Å². The van der Waals surface area contributed by atoms with E-state index < -0.39 is 6.09 Å². The molecule has 0 spiro atoms. The zero-order valence-corrected chi connectivity index (χ0v) is 8.10. The summed E-state index contributed by atoms with van der Waals surface area (Å²) in [6.07, 6.45) is 0.395. The predicted octanol–water partition coefficient (Wildman–Crippen LogP) is 1.33. The van der Waals surface area contributed by atoms with Crippen molar-refractivity contribution in [1.82, 2.24) is 5.32 Å². The van der Waals surface area contributed by atoms with Gasteiger partial charge in [0, 0.05) is 13.0 Å². The van der Waals surface area contributed by atoms with Crippen molar-refractivity contribution in [3.05, 3.63) is 30.3 Å². The predicted molar refractivity (Wildman–Crippen MR) is 55.2 cm³/mol. The Bertz CT molecular complexity index is 314. The fourth-order valence-corrected chi connectivity index (χ4v) is 0.881. The molecule has 5 nitrogen and oxygen atoms in total. The third kappa shape index (κ3) is 4.66. The molecule has 1 amide bonds. The lowest BCUT2D eigenvalue weighted by molar-refractivity contribution is -0.107. The number of anilines is 1. The fraction of sp³-hybridized carbons (Fsp3) is 0.200. The molecule has 0 aliphatic rings. The maximum atomic E-state index is 11.0. The molecule has 0 saturated carbocycles. The van der Waals surface area contributed by atoms with Crippen LogP contribution in [0.25, 0.3) is 0 Å². The Morgan fingerprint density at radius 3 is 2.73 bits per heavy atom. The minimum atomic E-state index is -0.610. The molecule has 1 rings (SSSR count). The standard InChI is InChI=1S/C10H12N2O3/c13-8-4-7-11-10(14)15-12-9-5-2-1-3-6-9/h1-3,5-6,8,12H,4,7H2,(H,11,14). The second-order valence-corrected chi connectivity index (χ2v) is 2.74. The molecular formula is C10H12N2O3. The molecule has 0 saturated heterocycles. The number of hydrogen-bond acceptors (Lipinski definition) is 4. The van der Waals surface area contributed by atoms with Gasteiger partial charge in [0.15, 0.2) is 0 Å². The molecule has 0 atom stereocenters. The number of nitrogens with one attached hydrogen (secondary N) is 2. The smallest absolute Gasteiger partial charge is 0.324 e. The highest BCUT2D eigenvalue weighted by Crippen LogP contribution is 2.04. The summed E-state index contributed by atoms with van der Waals surface area (Å²) in [6, 6.07) is 9.01. The molecule has 80 valence electrons. The van der Waals surface area contributed by atoms with E-state index in [0.717, 1.165) is 6.29 Å². The normalized spacial score (nSPS) is 9.07. The number of carbonyl (C=O) groups is 2. The number of aldehydes is 1. The minimum absolute atomic E-state index is 0.277. The monoisotopic (exact) mass is 208 g/mol. The van der Waals surface area contributed by atoms with Crippen molar-refractivity contribution in [2.75, 3.05) is 12.0 Å². The van der Waals surface area contributed by atoms with E-state index in [-0.39, 0.29) is 13.0 Å². The maximum Gasteiger partial charge on any atom is 0.431 e. The van der Waals surface area contributed by atoms with E-state index in [1.807, 2.05) is 18.2 Å². The molecule has 15 heavy (non-hydrogen) atoms. The quantitative estimate of drug-likeness (QED) is 0.435. The zero-order chi connectivity index (χ0) is 10.9. The van der Waals surface area contributed by atoms with Crippen LogP contribution in [-0.4, -0.2) is 18.9 Å². The number of carbonyl (C=O) groups excluding carboxylic acids is 2. The first-order chi connectivity index (χ1) is 7.33. The van der Waals surface area contributed by atoms with E-state index >= 15 is 0 Å². The number of para-hydroxylation sites is 1. The molecule has 0 bridgehead atoms. The molecule has 2 N–H and O–H groups in total. The Morgan fingerprint density at radius 2 is 2.07 bits per heavy atom. The van der Waals surface area contributed by atoms with Crippen LogP contribution in [0, 0.1) is 0 Å². The summed E-state index contributed by atoms with van der Waals surface area (Å²) >= 11 is 0. The van der Waals surface area contributed by atoms with Crippen LogP contribution in [0.1, 0.15) is 6.42 Å². The Balaban J connectivity index is 2.20. The molecule has 0 unspecified atom stereocenters. The highest BCUT2D eigenvalue weighted by Gasteiger charge is 2.00. The Kier molecular flexibility index (Phi) is 4.72. The molecule has 0 aliphatic carbocycles. The van der Waals surface area contributed by atoms with E-state index in [1.54, 1.807) is 12.1 Å². The Morgan fingerprint density at radius 1 is 1.33 bits per heavy atom. The van der Waals surface area contributed by atoms with Crippen LogP contribution in [0.2, 0.25) is 0 Å². The summed E-state index contributed by atoms with van der Waals surface area (Å²) in [4.78, 5) is 25.6. The number of benzene rings is 1. The van der Waals surface area contributed by atoms with Gasteiger partial charge >= 0.3 is 6.09 Å². The van der Waals surface area contributed by atoms with Gasteiger partial charge in [-0.15, -0.1) is 0 Å². The molecule has 0 aromatic heterocycles. The highest BCUT2D eigenvalue weighted by molar-refractivity contribution is 5.68. The fourth-order valence-electron chi connectivity index (χ4n) is 0.881. The van der Waals surface area contributed by atoms with Gasteiger partial charge in [-0.3, -0.25) is 0 Å². The second kappa shape index (κ2) is 6.42. The van der Waals surface area contributed by atoms with Crippen LogP contribution in [-0.2, 0) is 9.63 Å². The lowest BCUT2D eigenvalue weighted by atomic mass is 10.3. The van der Waals surface area contributed by atoms with Crippen LogP contribution >= 0.6 is 0 Å². The Labute approximate surface area is 87.4 Å². The second-order valence-electron chi connectivity index (χ2n) is 2.74. The SMILES string of the molecule is O=CCCNC(=O)ONc1ccccc1. The van der Waals surface area contributed by atoms with Crippen LogP contribution < -0.4 is 10.8 Å². The summed E-state index contributed by atoms with van der Waals surface area (Å²) in [6.45, 7) is 0.277. The molecule has 1 aromatic carbocycles. The van der Waals surface area contributed by atoms with E-state index in [4.69, 9.17) is 0 Å². The van der Waals surface area contributed by atoms with Crippen LogP contribution in [0.5, 0.6) is 0 Å². The van der Waals surface area contributed by atoms with Gasteiger partial charge in [0.2, 0.25) is 0 Å². The summed E-state index contributed by atoms with van der Waals surface area (Å²) in [5.74, 6) is 0. The average Bonchev–Trinajstić information content (AvgIpc) is 2.28. The average molecular weight is 208 g/mol. The van der Waals surface area contributed by atoms with E-state index in [1.165, 1.54) is 0 Å². The molecule has 0 aliphatic heterocycles. The molecule has 1 aromatic rings. The summed E-state index contributed by atoms with van der Waals surface area (Å²) in [7, 11) is 0. The van der Waals surface area contributed by atoms with Crippen molar-refractivity contribution in [1.29, 1.82) is 0 Å². The van der Waals surface area contributed by atoms with Crippen molar-refractivity contribution in [2.45, 2.75) is 6.42 Å². The molecule has 0 heterocycles. The van der Waals surface area contributed by atoms with Crippen molar-refractivity contribution in [3.8, 4) is 0 Å². The topological polar surface area (TPSA) is 67.4 Å². The molecule has 0 radical (unpaired) electrons. The summed E-state index contributed by atoms with van der Waals surface area (Å²) in [5, 5.41) is 2.40. The third-order valence-electron chi connectivity index (χ3n) is 1.57. The van der Waals surface area contributed by atoms with E-state index in [0.29, 0.717) is 5.69 Å². The largest absolute Gasteiger partial charge is 0.431 e. The van der Waals surface area contributed by atoms with Gasteiger partial charge in [0.05, 0.1) is 5.69 Å². The third-order valence-corrected chi connectivity index (χ3v) is 1.57. The lowest BCUT2D eigenvalue weighted by Crippen LogP contribution is -2.27. The molecular weight excluding hydrogens is 196 g/mol. The number of amides is 1. The van der Waals surface area contributed by atoms with Crippen molar-refractivity contribution in [2.24, 2.45) is 0 Å². The van der Waals surface area contributed by atoms with Gasteiger partial charge < -0.3 is 14.9 Å². The van der Waals surface area contributed by atoms with Gasteiger partial charge in [-0.1, -0.05) is 18.2 Å². The van der Waals surface area contributed by atoms with Crippen LogP contribution in [0.15, 0.2) is 30.3 Å². The van der Waals surface area contributed by atoms with Crippen LogP contribution in [0.4, 0.5) is 10.5 Å².